The van der Waals surface area contributed by atoms with E-state index in [1.807, 2.05) is 49.4 Å². The quantitative estimate of drug-likeness (QED) is 0.526. The summed E-state index contributed by atoms with van der Waals surface area (Å²) in [6.45, 7) is 2.47. The third-order valence-corrected chi connectivity index (χ3v) is 4.83. The third kappa shape index (κ3) is 3.96. The number of carbonyl (C=O) groups excluding carboxylic acids is 1. The maximum absolute atomic E-state index is 12.6. The molecule has 2 aromatic carbocycles. The monoisotopic (exact) mass is 402 g/mol. The number of ether oxygens (including phenoxy) is 2. The minimum atomic E-state index is -0.209. The van der Waals surface area contributed by atoms with E-state index in [9.17, 15) is 4.79 Å². The smallest absolute Gasteiger partial charge is 0.257 e. The van der Waals surface area contributed by atoms with E-state index < -0.39 is 0 Å². The number of nitrogens with one attached hydrogen (secondary N) is 1. The number of aromatic nitrogens is 3. The first-order chi connectivity index (χ1) is 14.6. The van der Waals surface area contributed by atoms with Crippen molar-refractivity contribution in [2.45, 2.75) is 13.5 Å². The molecule has 0 aliphatic carbocycles. The van der Waals surface area contributed by atoms with Crippen molar-refractivity contribution in [2.24, 2.45) is 0 Å². The van der Waals surface area contributed by atoms with Crippen molar-refractivity contribution in [3.05, 3.63) is 77.6 Å². The number of anilines is 1. The van der Waals surface area contributed by atoms with Crippen LogP contribution in [0.4, 0.5) is 5.69 Å². The van der Waals surface area contributed by atoms with E-state index in [0.29, 0.717) is 23.5 Å². The van der Waals surface area contributed by atoms with Gasteiger partial charge in [-0.2, -0.15) is 5.10 Å². The maximum atomic E-state index is 12.6. The van der Waals surface area contributed by atoms with Crippen LogP contribution in [-0.4, -0.2) is 34.9 Å². The van der Waals surface area contributed by atoms with Crippen LogP contribution in [0.25, 0.3) is 11.0 Å². The number of rotatable bonds is 6. The molecule has 0 saturated carbocycles. The highest BCUT2D eigenvalue weighted by Crippen LogP contribution is 2.26. The summed E-state index contributed by atoms with van der Waals surface area (Å²) in [4.78, 5) is 17.1. The van der Waals surface area contributed by atoms with Gasteiger partial charge >= 0.3 is 0 Å². The summed E-state index contributed by atoms with van der Waals surface area (Å²) in [5.41, 5.74) is 3.95. The van der Waals surface area contributed by atoms with Gasteiger partial charge in [0.25, 0.3) is 5.91 Å². The largest absolute Gasteiger partial charge is 0.497 e. The van der Waals surface area contributed by atoms with Gasteiger partial charge in [-0.15, -0.1) is 0 Å². The third-order valence-electron chi connectivity index (χ3n) is 4.83. The van der Waals surface area contributed by atoms with E-state index in [1.54, 1.807) is 37.4 Å². The Morgan fingerprint density at radius 1 is 1.07 bits per heavy atom. The number of aryl methyl sites for hydroxylation is 1. The lowest BCUT2D eigenvalue weighted by Gasteiger charge is -2.11. The number of hydrogen-bond acceptors (Lipinski definition) is 5. The second-order valence-electron chi connectivity index (χ2n) is 6.94. The zero-order chi connectivity index (χ0) is 21.1. The van der Waals surface area contributed by atoms with E-state index >= 15 is 0 Å². The van der Waals surface area contributed by atoms with Gasteiger partial charge in [0.15, 0.2) is 5.65 Å². The number of nitrogens with zero attached hydrogens (tertiary/aromatic N) is 3. The van der Waals surface area contributed by atoms with E-state index in [1.165, 1.54) is 0 Å². The molecule has 0 unspecified atom stereocenters. The first kappa shape index (κ1) is 19.4. The van der Waals surface area contributed by atoms with Gasteiger partial charge in [-0.3, -0.25) is 4.79 Å². The first-order valence-corrected chi connectivity index (χ1v) is 9.48. The standard InChI is InChI=1S/C23H22N4O3/c1-15-5-4-6-19(9-15)26-23(28)18-10-17-13-25-27(22(17)24-12-18)14-16-7-8-20(29-2)11-21(16)30-3/h4-13H,14H2,1-3H3,(H,26,28). The van der Waals surface area contributed by atoms with Crippen molar-refractivity contribution in [3.63, 3.8) is 0 Å². The van der Waals surface area contributed by atoms with Crippen LogP contribution in [0.5, 0.6) is 11.5 Å². The minimum Gasteiger partial charge on any atom is -0.497 e. The molecule has 2 aromatic heterocycles. The van der Waals surface area contributed by atoms with Crippen LogP contribution in [0, 0.1) is 6.92 Å². The number of fused-ring (bicyclic) bond motifs is 1. The SMILES string of the molecule is COc1ccc(Cn2ncc3cc(C(=O)Nc4cccc(C)c4)cnc32)c(OC)c1. The fourth-order valence-corrected chi connectivity index (χ4v) is 3.28. The molecule has 0 aliphatic heterocycles. The molecule has 7 heteroatoms. The fourth-order valence-electron chi connectivity index (χ4n) is 3.28. The van der Waals surface area contributed by atoms with E-state index in [2.05, 4.69) is 15.4 Å². The summed E-state index contributed by atoms with van der Waals surface area (Å²) in [6, 6.07) is 15.1. The number of pyridine rings is 1. The summed E-state index contributed by atoms with van der Waals surface area (Å²) in [5, 5.41) is 8.13. The molecule has 1 N–H and O–H groups in total. The van der Waals surface area contributed by atoms with E-state index in [4.69, 9.17) is 9.47 Å². The number of amides is 1. The second-order valence-corrected chi connectivity index (χ2v) is 6.94. The first-order valence-electron chi connectivity index (χ1n) is 9.48. The molecule has 0 bridgehead atoms. The average molecular weight is 402 g/mol. The van der Waals surface area contributed by atoms with Crippen LogP contribution in [0.3, 0.4) is 0 Å². The van der Waals surface area contributed by atoms with Crippen LogP contribution in [0.15, 0.2) is 60.9 Å². The molecule has 0 aliphatic rings. The zero-order valence-electron chi connectivity index (χ0n) is 17.0. The summed E-state index contributed by atoms with van der Waals surface area (Å²) >= 11 is 0. The Morgan fingerprint density at radius 2 is 1.93 bits per heavy atom. The van der Waals surface area contributed by atoms with Gasteiger partial charge in [-0.05, 0) is 42.8 Å². The van der Waals surface area contributed by atoms with Crippen molar-refractivity contribution in [1.29, 1.82) is 0 Å². The highest BCUT2D eigenvalue weighted by atomic mass is 16.5. The van der Waals surface area contributed by atoms with Gasteiger partial charge < -0.3 is 14.8 Å². The molecule has 0 radical (unpaired) electrons. The van der Waals surface area contributed by atoms with Gasteiger partial charge in [0, 0.05) is 28.9 Å². The van der Waals surface area contributed by atoms with Crippen LogP contribution in [0.1, 0.15) is 21.5 Å². The van der Waals surface area contributed by atoms with Crippen LogP contribution in [-0.2, 0) is 6.54 Å². The van der Waals surface area contributed by atoms with Gasteiger partial charge in [0.05, 0.1) is 32.5 Å². The van der Waals surface area contributed by atoms with Crippen molar-refractivity contribution < 1.29 is 14.3 Å². The van der Waals surface area contributed by atoms with Gasteiger partial charge in [0.2, 0.25) is 0 Å². The summed E-state index contributed by atoms with van der Waals surface area (Å²) in [6.07, 6.45) is 3.28. The normalized spacial score (nSPS) is 10.8. The molecule has 4 aromatic rings. The summed E-state index contributed by atoms with van der Waals surface area (Å²) < 4.78 is 12.5. The zero-order valence-corrected chi connectivity index (χ0v) is 17.0. The molecule has 1 amide bonds. The summed E-state index contributed by atoms with van der Waals surface area (Å²) in [7, 11) is 3.24. The lowest BCUT2D eigenvalue weighted by Crippen LogP contribution is -2.12. The molecule has 7 nitrogen and oxygen atoms in total. The Hall–Kier alpha value is -3.87. The molecular formula is C23H22N4O3. The molecule has 152 valence electrons. The Bertz CT molecular complexity index is 1220. The minimum absolute atomic E-state index is 0.209. The van der Waals surface area contributed by atoms with E-state index in [-0.39, 0.29) is 5.91 Å². The molecule has 2 heterocycles. The van der Waals surface area contributed by atoms with Gasteiger partial charge in [-0.25, -0.2) is 9.67 Å². The predicted molar refractivity (Wildman–Crippen MR) is 115 cm³/mol. The van der Waals surface area contributed by atoms with Crippen LogP contribution >= 0.6 is 0 Å². The molecule has 0 atom stereocenters. The molecular weight excluding hydrogens is 380 g/mol. The maximum Gasteiger partial charge on any atom is 0.257 e. The number of benzene rings is 2. The van der Waals surface area contributed by atoms with Crippen molar-refractivity contribution in [2.75, 3.05) is 19.5 Å². The van der Waals surface area contributed by atoms with Crippen molar-refractivity contribution in [1.82, 2.24) is 14.8 Å². The number of hydrogen-bond donors (Lipinski definition) is 1. The predicted octanol–water partition coefficient (Wildman–Crippen LogP) is 4.06. The Labute approximate surface area is 174 Å². The van der Waals surface area contributed by atoms with Crippen LogP contribution in [0.2, 0.25) is 0 Å². The summed E-state index contributed by atoms with van der Waals surface area (Å²) in [5.74, 6) is 1.23. The molecule has 30 heavy (non-hydrogen) atoms. The molecule has 0 saturated heterocycles. The molecule has 0 spiro atoms. The lowest BCUT2D eigenvalue weighted by molar-refractivity contribution is 0.102. The van der Waals surface area contributed by atoms with Crippen LogP contribution < -0.4 is 14.8 Å². The van der Waals surface area contributed by atoms with E-state index in [0.717, 1.165) is 28.0 Å². The van der Waals surface area contributed by atoms with Crippen molar-refractivity contribution in [3.8, 4) is 11.5 Å². The highest BCUT2D eigenvalue weighted by Gasteiger charge is 2.13. The average Bonchev–Trinajstić information content (AvgIpc) is 3.16. The van der Waals surface area contributed by atoms with Crippen molar-refractivity contribution >= 4 is 22.6 Å². The topological polar surface area (TPSA) is 78.3 Å². The highest BCUT2D eigenvalue weighted by molar-refractivity contribution is 6.05. The fraction of sp³-hybridized carbons (Fsp3) is 0.174. The second kappa shape index (κ2) is 8.24. The lowest BCUT2D eigenvalue weighted by atomic mass is 10.2. The number of methoxy groups -OCH3 is 2. The molecule has 0 fully saturated rings. The van der Waals surface area contributed by atoms with Gasteiger partial charge in [-0.1, -0.05) is 12.1 Å². The Morgan fingerprint density at radius 3 is 2.70 bits per heavy atom. The Kier molecular flexibility index (Phi) is 5.34. The van der Waals surface area contributed by atoms with Gasteiger partial charge in [0.1, 0.15) is 11.5 Å². The number of carbonyl (C=O) groups is 1. The molecule has 4 rings (SSSR count). The Balaban J connectivity index is 1.57.